The van der Waals surface area contributed by atoms with Gasteiger partial charge in [-0.25, -0.2) is 4.39 Å². The van der Waals surface area contributed by atoms with Crippen molar-refractivity contribution >= 4 is 5.69 Å². The number of aryl methyl sites for hydroxylation is 1. The molecule has 1 atom stereocenters. The molecular weight excluding hydrogens is 259 g/mol. The molecule has 0 radical (unpaired) electrons. The first-order valence-electron chi connectivity index (χ1n) is 6.22. The number of nitrogens with zero attached hydrogens (tertiary/aromatic N) is 1. The summed E-state index contributed by atoms with van der Waals surface area (Å²) < 4.78 is 13.4. The molecule has 1 unspecified atom stereocenters. The Balaban J connectivity index is 2.28. The topological polar surface area (TPSA) is 69.2 Å². The van der Waals surface area contributed by atoms with E-state index in [1.807, 2.05) is 0 Å². The number of hydrogen-bond donors (Lipinski definition) is 1. The third kappa shape index (κ3) is 3.19. The number of nitro groups is 1. The van der Waals surface area contributed by atoms with Crippen molar-refractivity contribution in [3.63, 3.8) is 0 Å². The first-order valence-corrected chi connectivity index (χ1v) is 6.22. The van der Waals surface area contributed by atoms with Gasteiger partial charge in [0.05, 0.1) is 4.92 Å². The fraction of sp³-hybridized carbons (Fsp3) is 0.200. The summed E-state index contributed by atoms with van der Waals surface area (Å²) in [4.78, 5) is 10.5. The average molecular weight is 274 g/mol. The van der Waals surface area contributed by atoms with E-state index in [1.165, 1.54) is 18.2 Å². The SMILES string of the molecule is Cc1cc(F)cc(C(N)Cc2ccccc2[N+](=O)[O-])c1. The van der Waals surface area contributed by atoms with Crippen molar-refractivity contribution in [3.05, 3.63) is 75.1 Å². The molecule has 0 heterocycles. The van der Waals surface area contributed by atoms with Crippen molar-refractivity contribution < 1.29 is 9.31 Å². The van der Waals surface area contributed by atoms with Crippen LogP contribution >= 0.6 is 0 Å². The van der Waals surface area contributed by atoms with Crippen LogP contribution in [0.15, 0.2) is 42.5 Å². The fourth-order valence-corrected chi connectivity index (χ4v) is 2.20. The van der Waals surface area contributed by atoms with E-state index in [0.29, 0.717) is 17.5 Å². The molecule has 2 N–H and O–H groups in total. The van der Waals surface area contributed by atoms with Crippen molar-refractivity contribution in [3.8, 4) is 0 Å². The summed E-state index contributed by atoms with van der Waals surface area (Å²) in [5, 5.41) is 11.0. The van der Waals surface area contributed by atoms with Gasteiger partial charge in [0.1, 0.15) is 5.82 Å². The zero-order valence-corrected chi connectivity index (χ0v) is 11.0. The minimum absolute atomic E-state index is 0.0380. The van der Waals surface area contributed by atoms with E-state index < -0.39 is 11.0 Å². The van der Waals surface area contributed by atoms with Gasteiger partial charge in [-0.15, -0.1) is 0 Å². The van der Waals surface area contributed by atoms with Gasteiger partial charge in [0.15, 0.2) is 0 Å². The van der Waals surface area contributed by atoms with E-state index in [4.69, 9.17) is 5.73 Å². The second-order valence-electron chi connectivity index (χ2n) is 4.76. The summed E-state index contributed by atoms with van der Waals surface area (Å²) in [5.41, 5.74) is 8.05. The lowest BCUT2D eigenvalue weighted by Gasteiger charge is -2.13. The largest absolute Gasteiger partial charge is 0.324 e. The van der Waals surface area contributed by atoms with Crippen LogP contribution in [0.25, 0.3) is 0 Å². The van der Waals surface area contributed by atoms with Gasteiger partial charge < -0.3 is 5.73 Å². The lowest BCUT2D eigenvalue weighted by molar-refractivity contribution is -0.385. The third-order valence-electron chi connectivity index (χ3n) is 3.12. The van der Waals surface area contributed by atoms with E-state index in [9.17, 15) is 14.5 Å². The Morgan fingerprint density at radius 2 is 2.00 bits per heavy atom. The minimum Gasteiger partial charge on any atom is -0.324 e. The van der Waals surface area contributed by atoms with Crippen LogP contribution in [0.2, 0.25) is 0 Å². The molecule has 0 fully saturated rings. The maximum atomic E-state index is 13.4. The van der Waals surface area contributed by atoms with Crippen molar-refractivity contribution in [1.82, 2.24) is 0 Å². The molecule has 0 saturated heterocycles. The molecule has 20 heavy (non-hydrogen) atoms. The maximum absolute atomic E-state index is 13.4. The van der Waals surface area contributed by atoms with Gasteiger partial charge in [0.2, 0.25) is 0 Å². The van der Waals surface area contributed by atoms with Crippen LogP contribution in [0.4, 0.5) is 10.1 Å². The van der Waals surface area contributed by atoms with Gasteiger partial charge >= 0.3 is 0 Å². The standard InChI is InChI=1S/C15H15FN2O2/c1-10-6-12(8-13(16)7-10)14(17)9-11-4-2-3-5-15(11)18(19)20/h2-8,14H,9,17H2,1H3. The van der Waals surface area contributed by atoms with Crippen molar-refractivity contribution in [2.24, 2.45) is 5.73 Å². The van der Waals surface area contributed by atoms with Crippen LogP contribution in [0.5, 0.6) is 0 Å². The summed E-state index contributed by atoms with van der Waals surface area (Å²) in [6.07, 6.45) is 0.292. The Morgan fingerprint density at radius 1 is 1.30 bits per heavy atom. The second kappa shape index (κ2) is 5.79. The Bertz CT molecular complexity index is 623. The Morgan fingerprint density at radius 3 is 2.65 bits per heavy atom. The Kier molecular flexibility index (Phi) is 4.10. The predicted octanol–water partition coefficient (Wildman–Crippen LogP) is 3.28. The average Bonchev–Trinajstić information content (AvgIpc) is 2.37. The molecule has 104 valence electrons. The highest BCUT2D eigenvalue weighted by Crippen LogP contribution is 2.24. The molecule has 0 aromatic heterocycles. The monoisotopic (exact) mass is 274 g/mol. The van der Waals surface area contributed by atoms with Gasteiger partial charge in [-0.2, -0.15) is 0 Å². The first-order chi connectivity index (χ1) is 9.47. The van der Waals surface area contributed by atoms with Gasteiger partial charge in [0.25, 0.3) is 5.69 Å². The van der Waals surface area contributed by atoms with Crippen LogP contribution in [0, 0.1) is 22.9 Å². The minimum atomic E-state index is -0.481. The van der Waals surface area contributed by atoms with Crippen molar-refractivity contribution in [1.29, 1.82) is 0 Å². The highest BCUT2D eigenvalue weighted by Gasteiger charge is 2.16. The molecule has 0 spiro atoms. The zero-order valence-electron chi connectivity index (χ0n) is 11.0. The Labute approximate surface area is 116 Å². The van der Waals surface area contributed by atoms with Crippen LogP contribution in [0.1, 0.15) is 22.7 Å². The summed E-state index contributed by atoms with van der Waals surface area (Å²) >= 11 is 0. The maximum Gasteiger partial charge on any atom is 0.272 e. The van der Waals surface area contributed by atoms with Crippen molar-refractivity contribution in [2.45, 2.75) is 19.4 Å². The van der Waals surface area contributed by atoms with E-state index in [0.717, 1.165) is 5.56 Å². The smallest absolute Gasteiger partial charge is 0.272 e. The zero-order chi connectivity index (χ0) is 14.7. The molecule has 2 aromatic carbocycles. The summed E-state index contributed by atoms with van der Waals surface area (Å²) in [5.74, 6) is -0.349. The highest BCUT2D eigenvalue weighted by molar-refractivity contribution is 5.41. The normalized spacial score (nSPS) is 12.2. The van der Waals surface area contributed by atoms with Crippen LogP contribution in [-0.2, 0) is 6.42 Å². The number of benzene rings is 2. The molecule has 0 saturated carbocycles. The molecule has 0 bridgehead atoms. The molecule has 0 aliphatic rings. The third-order valence-corrected chi connectivity index (χ3v) is 3.12. The van der Waals surface area contributed by atoms with Gasteiger partial charge in [-0.05, 0) is 36.6 Å². The highest BCUT2D eigenvalue weighted by atomic mass is 19.1. The quantitative estimate of drug-likeness (QED) is 0.687. The van der Waals surface area contributed by atoms with E-state index in [1.54, 1.807) is 31.2 Å². The molecule has 0 aliphatic carbocycles. The Hall–Kier alpha value is -2.27. The van der Waals surface area contributed by atoms with Crippen molar-refractivity contribution in [2.75, 3.05) is 0 Å². The van der Waals surface area contributed by atoms with Gasteiger partial charge in [0, 0.05) is 17.7 Å². The molecule has 5 heteroatoms. The lowest BCUT2D eigenvalue weighted by Crippen LogP contribution is -2.14. The van der Waals surface area contributed by atoms with E-state index in [-0.39, 0.29) is 11.5 Å². The number of nitrogens with two attached hydrogens (primary N) is 1. The van der Waals surface area contributed by atoms with Crippen LogP contribution in [0.3, 0.4) is 0 Å². The molecule has 0 amide bonds. The first kappa shape index (κ1) is 14.1. The molecule has 4 nitrogen and oxygen atoms in total. The molecular formula is C15H15FN2O2. The number of para-hydroxylation sites is 1. The van der Waals surface area contributed by atoms with E-state index >= 15 is 0 Å². The van der Waals surface area contributed by atoms with Crippen LogP contribution < -0.4 is 5.73 Å². The fourth-order valence-electron chi connectivity index (χ4n) is 2.20. The second-order valence-corrected chi connectivity index (χ2v) is 4.76. The molecule has 0 aliphatic heterocycles. The number of rotatable bonds is 4. The number of halogens is 1. The molecule has 2 aromatic rings. The van der Waals surface area contributed by atoms with Gasteiger partial charge in [-0.3, -0.25) is 10.1 Å². The van der Waals surface area contributed by atoms with E-state index in [2.05, 4.69) is 0 Å². The lowest BCUT2D eigenvalue weighted by atomic mass is 9.97. The number of nitro benzene ring substituents is 1. The summed E-state index contributed by atoms with van der Waals surface area (Å²) in [6.45, 7) is 1.78. The van der Waals surface area contributed by atoms with Gasteiger partial charge in [-0.1, -0.05) is 24.3 Å². The molecule has 2 rings (SSSR count). The predicted molar refractivity (Wildman–Crippen MR) is 74.9 cm³/mol. The number of hydrogen-bond acceptors (Lipinski definition) is 3. The summed E-state index contributed by atoms with van der Waals surface area (Å²) in [6, 6.07) is 10.6. The summed E-state index contributed by atoms with van der Waals surface area (Å²) in [7, 11) is 0. The van der Waals surface area contributed by atoms with Crippen LogP contribution in [-0.4, -0.2) is 4.92 Å².